The Balaban J connectivity index is 1.74. The average Bonchev–Trinajstić information content (AvgIpc) is 2.35. The standard InChI is InChI=1S/C13H18O4/c14-11-6-7-13(15)17-12(11)9-16-8-10-4-2-1-3-5-10/h1-5,11-15H,6-9H2/t11-,12-,13-/m1/s1. The van der Waals surface area contributed by atoms with Crippen LogP contribution in [0.4, 0.5) is 0 Å². The van der Waals surface area contributed by atoms with Crippen LogP contribution in [0.1, 0.15) is 18.4 Å². The van der Waals surface area contributed by atoms with Gasteiger partial charge >= 0.3 is 0 Å². The van der Waals surface area contributed by atoms with Crippen LogP contribution in [-0.4, -0.2) is 35.3 Å². The molecule has 1 aromatic carbocycles. The van der Waals surface area contributed by atoms with E-state index in [1.54, 1.807) is 0 Å². The molecular formula is C13H18O4. The lowest BCUT2D eigenvalue weighted by Gasteiger charge is -2.31. The molecule has 0 unspecified atom stereocenters. The third-order valence-electron chi connectivity index (χ3n) is 2.86. The molecule has 1 saturated heterocycles. The minimum Gasteiger partial charge on any atom is -0.390 e. The number of rotatable bonds is 4. The van der Waals surface area contributed by atoms with Crippen molar-refractivity contribution < 1.29 is 19.7 Å². The molecular weight excluding hydrogens is 220 g/mol. The molecule has 94 valence electrons. The van der Waals surface area contributed by atoms with Gasteiger partial charge < -0.3 is 19.7 Å². The molecule has 0 radical (unpaired) electrons. The summed E-state index contributed by atoms with van der Waals surface area (Å²) in [5, 5.41) is 19.0. The predicted octanol–water partition coefficient (Wildman–Crippen LogP) is 1.06. The summed E-state index contributed by atoms with van der Waals surface area (Å²) in [7, 11) is 0. The van der Waals surface area contributed by atoms with Gasteiger partial charge in [-0.1, -0.05) is 30.3 Å². The smallest absolute Gasteiger partial charge is 0.155 e. The van der Waals surface area contributed by atoms with E-state index in [0.717, 1.165) is 5.56 Å². The number of aliphatic hydroxyl groups is 2. The molecule has 2 N–H and O–H groups in total. The molecule has 4 nitrogen and oxygen atoms in total. The number of hydrogen-bond donors (Lipinski definition) is 2. The Labute approximate surface area is 101 Å². The molecule has 0 amide bonds. The molecule has 1 aliphatic heterocycles. The first kappa shape index (κ1) is 12.5. The highest BCUT2D eigenvalue weighted by Gasteiger charge is 2.28. The van der Waals surface area contributed by atoms with E-state index in [4.69, 9.17) is 9.47 Å². The Morgan fingerprint density at radius 2 is 1.94 bits per heavy atom. The maximum atomic E-state index is 9.67. The molecule has 1 aromatic rings. The summed E-state index contributed by atoms with van der Waals surface area (Å²) in [6.07, 6.45) is -0.711. The van der Waals surface area contributed by atoms with Gasteiger partial charge in [-0.2, -0.15) is 0 Å². The van der Waals surface area contributed by atoms with Gasteiger partial charge in [0.2, 0.25) is 0 Å². The van der Waals surface area contributed by atoms with E-state index in [-0.39, 0.29) is 0 Å². The van der Waals surface area contributed by atoms with Crippen LogP contribution in [0.25, 0.3) is 0 Å². The monoisotopic (exact) mass is 238 g/mol. The van der Waals surface area contributed by atoms with E-state index in [0.29, 0.717) is 26.1 Å². The molecule has 0 spiro atoms. The molecule has 0 saturated carbocycles. The Bertz CT molecular complexity index is 327. The second-order valence-corrected chi connectivity index (χ2v) is 4.27. The highest BCUT2D eigenvalue weighted by molar-refractivity contribution is 5.13. The summed E-state index contributed by atoms with van der Waals surface area (Å²) in [5.74, 6) is 0. The summed E-state index contributed by atoms with van der Waals surface area (Å²) in [6.45, 7) is 0.788. The summed E-state index contributed by atoms with van der Waals surface area (Å²) in [5.41, 5.74) is 1.08. The van der Waals surface area contributed by atoms with E-state index in [2.05, 4.69) is 0 Å². The molecule has 1 fully saturated rings. The SMILES string of the molecule is O[C@@H]1CC[C@H](O)O[C@@H]1COCc1ccccc1. The van der Waals surface area contributed by atoms with Gasteiger partial charge in [-0.25, -0.2) is 0 Å². The van der Waals surface area contributed by atoms with Crippen LogP contribution in [0.5, 0.6) is 0 Å². The number of aliphatic hydroxyl groups excluding tert-OH is 2. The highest BCUT2D eigenvalue weighted by atomic mass is 16.6. The van der Waals surface area contributed by atoms with E-state index >= 15 is 0 Å². The van der Waals surface area contributed by atoms with Gasteiger partial charge in [0.05, 0.1) is 19.3 Å². The molecule has 3 atom stereocenters. The van der Waals surface area contributed by atoms with Crippen LogP contribution in [0.2, 0.25) is 0 Å². The van der Waals surface area contributed by atoms with E-state index in [1.807, 2.05) is 30.3 Å². The van der Waals surface area contributed by atoms with Gasteiger partial charge in [-0.3, -0.25) is 0 Å². The molecule has 0 aromatic heterocycles. The molecule has 0 bridgehead atoms. The molecule has 17 heavy (non-hydrogen) atoms. The van der Waals surface area contributed by atoms with Crippen LogP contribution in [0.3, 0.4) is 0 Å². The Morgan fingerprint density at radius 3 is 2.71 bits per heavy atom. The first-order valence-corrected chi connectivity index (χ1v) is 5.89. The van der Waals surface area contributed by atoms with Crippen molar-refractivity contribution in [1.82, 2.24) is 0 Å². The highest BCUT2D eigenvalue weighted by Crippen LogP contribution is 2.18. The Hall–Kier alpha value is -0.940. The topological polar surface area (TPSA) is 58.9 Å². The largest absolute Gasteiger partial charge is 0.390 e. The average molecular weight is 238 g/mol. The van der Waals surface area contributed by atoms with Gasteiger partial charge in [0, 0.05) is 6.42 Å². The lowest BCUT2D eigenvalue weighted by molar-refractivity contribution is -0.213. The summed E-state index contributed by atoms with van der Waals surface area (Å²) < 4.78 is 10.7. The van der Waals surface area contributed by atoms with Crippen molar-refractivity contribution in [2.24, 2.45) is 0 Å². The molecule has 1 aliphatic rings. The third kappa shape index (κ3) is 3.78. The molecule has 1 heterocycles. The maximum absolute atomic E-state index is 9.67. The normalized spacial score (nSPS) is 29.2. The second kappa shape index (κ2) is 6.12. The Kier molecular flexibility index (Phi) is 4.50. The summed E-state index contributed by atoms with van der Waals surface area (Å²) >= 11 is 0. The van der Waals surface area contributed by atoms with E-state index in [1.165, 1.54) is 0 Å². The van der Waals surface area contributed by atoms with Crippen molar-refractivity contribution in [3.63, 3.8) is 0 Å². The van der Waals surface area contributed by atoms with Crippen molar-refractivity contribution in [3.8, 4) is 0 Å². The number of hydrogen-bond acceptors (Lipinski definition) is 4. The van der Waals surface area contributed by atoms with Crippen LogP contribution >= 0.6 is 0 Å². The van der Waals surface area contributed by atoms with Crippen LogP contribution in [-0.2, 0) is 16.1 Å². The van der Waals surface area contributed by atoms with Crippen molar-refractivity contribution in [3.05, 3.63) is 35.9 Å². The molecule has 2 rings (SSSR count). The van der Waals surface area contributed by atoms with Gasteiger partial charge in [0.25, 0.3) is 0 Å². The third-order valence-corrected chi connectivity index (χ3v) is 2.86. The zero-order chi connectivity index (χ0) is 12.1. The minimum atomic E-state index is -0.774. The first-order chi connectivity index (χ1) is 8.25. The van der Waals surface area contributed by atoms with E-state index in [9.17, 15) is 10.2 Å². The zero-order valence-electron chi connectivity index (χ0n) is 9.66. The first-order valence-electron chi connectivity index (χ1n) is 5.89. The fourth-order valence-corrected chi connectivity index (χ4v) is 1.88. The summed E-state index contributed by atoms with van der Waals surface area (Å²) in [4.78, 5) is 0. The van der Waals surface area contributed by atoms with Gasteiger partial charge in [0.15, 0.2) is 6.29 Å². The Morgan fingerprint density at radius 1 is 1.18 bits per heavy atom. The number of benzene rings is 1. The van der Waals surface area contributed by atoms with Gasteiger partial charge in [-0.05, 0) is 12.0 Å². The van der Waals surface area contributed by atoms with Crippen LogP contribution < -0.4 is 0 Å². The predicted molar refractivity (Wildman–Crippen MR) is 62.2 cm³/mol. The second-order valence-electron chi connectivity index (χ2n) is 4.27. The molecule has 0 aliphatic carbocycles. The number of ether oxygens (including phenoxy) is 2. The maximum Gasteiger partial charge on any atom is 0.155 e. The van der Waals surface area contributed by atoms with Crippen molar-refractivity contribution in [2.75, 3.05) is 6.61 Å². The quantitative estimate of drug-likeness (QED) is 0.823. The summed E-state index contributed by atoms with van der Waals surface area (Å²) in [6, 6.07) is 9.82. The fourth-order valence-electron chi connectivity index (χ4n) is 1.88. The minimum absolute atomic E-state index is 0.299. The van der Waals surface area contributed by atoms with Gasteiger partial charge in [-0.15, -0.1) is 0 Å². The van der Waals surface area contributed by atoms with E-state index < -0.39 is 18.5 Å². The zero-order valence-corrected chi connectivity index (χ0v) is 9.66. The van der Waals surface area contributed by atoms with Crippen LogP contribution in [0.15, 0.2) is 30.3 Å². The lowest BCUT2D eigenvalue weighted by Crippen LogP contribution is -2.41. The lowest BCUT2D eigenvalue weighted by atomic mass is 10.1. The van der Waals surface area contributed by atoms with Gasteiger partial charge in [0.1, 0.15) is 6.10 Å². The van der Waals surface area contributed by atoms with Crippen LogP contribution in [0, 0.1) is 0 Å². The van der Waals surface area contributed by atoms with Crippen molar-refractivity contribution >= 4 is 0 Å². The van der Waals surface area contributed by atoms with Crippen molar-refractivity contribution in [2.45, 2.75) is 37.9 Å². The fraction of sp³-hybridized carbons (Fsp3) is 0.538. The molecule has 4 heteroatoms. The van der Waals surface area contributed by atoms with Crippen molar-refractivity contribution in [1.29, 1.82) is 0 Å².